The topological polar surface area (TPSA) is 63.6 Å². The van der Waals surface area contributed by atoms with Gasteiger partial charge in [0, 0.05) is 0 Å². The highest BCUT2D eigenvalue weighted by Crippen LogP contribution is 2.37. The zero-order valence-electron chi connectivity index (χ0n) is 4.97. The molecule has 74 valence electrons. The maximum absolute atomic E-state index is 11.5. The van der Waals surface area contributed by atoms with Crippen molar-refractivity contribution in [2.24, 2.45) is 0 Å². The highest BCUT2D eigenvalue weighted by Gasteiger charge is 2.62. The van der Waals surface area contributed by atoms with Gasteiger partial charge in [-0.05, 0) is 0 Å². The lowest BCUT2D eigenvalue weighted by molar-refractivity contribution is -0.361. The van der Waals surface area contributed by atoms with Crippen LogP contribution in [-0.2, 0) is 14.6 Å². The van der Waals surface area contributed by atoms with E-state index in [1.807, 2.05) is 0 Å². The van der Waals surface area contributed by atoms with Gasteiger partial charge in [-0.15, -0.1) is 0 Å². The van der Waals surface area contributed by atoms with Crippen LogP contribution in [0.15, 0.2) is 0 Å². The highest BCUT2D eigenvalue weighted by molar-refractivity contribution is 7.80. The van der Waals surface area contributed by atoms with E-state index >= 15 is 0 Å². The molecule has 0 heterocycles. The lowest BCUT2D eigenvalue weighted by atomic mass is 10.6. The quantitative estimate of drug-likeness (QED) is 0.551. The van der Waals surface area contributed by atoms with E-state index in [9.17, 15) is 30.4 Å². The Bertz CT molecular complexity index is 251. The number of halogens is 5. The summed E-state index contributed by atoms with van der Waals surface area (Å²) in [5.74, 6) is 0. The van der Waals surface area contributed by atoms with Crippen LogP contribution in [0.1, 0.15) is 0 Å². The van der Waals surface area contributed by atoms with E-state index in [0.29, 0.717) is 0 Å². The first-order valence-corrected chi connectivity index (χ1v) is 3.45. The molecule has 0 fully saturated rings. The highest BCUT2D eigenvalue weighted by atomic mass is 32.3. The normalized spacial score (nSPS) is 14.8. The molecule has 1 N–H and O–H groups in total. The largest absolute Gasteiger partial charge is 0.484 e. The zero-order chi connectivity index (χ0) is 10.2. The van der Waals surface area contributed by atoms with Crippen LogP contribution in [0.25, 0.3) is 0 Å². The van der Waals surface area contributed by atoms with Crippen molar-refractivity contribution in [2.45, 2.75) is 12.3 Å². The average molecular weight is 216 g/mol. The second kappa shape index (κ2) is 2.78. The molecule has 0 bridgehead atoms. The lowest BCUT2D eigenvalue weighted by Crippen LogP contribution is -2.40. The van der Waals surface area contributed by atoms with Crippen LogP contribution in [0.3, 0.4) is 0 Å². The standard InChI is InChI=1S/C2HF5O4S/c3-1(4,5)2(6,7)11-12(8,9)10/h(H,8,9,10). The predicted octanol–water partition coefficient (Wildman–Crippen LogP) is 0.961. The fraction of sp³-hybridized carbons (Fsp3) is 1.00. The van der Waals surface area contributed by atoms with Gasteiger partial charge in [0.25, 0.3) is 0 Å². The van der Waals surface area contributed by atoms with E-state index in [1.54, 1.807) is 0 Å². The molecule has 4 nitrogen and oxygen atoms in total. The van der Waals surface area contributed by atoms with Gasteiger partial charge in [0.05, 0.1) is 0 Å². The third kappa shape index (κ3) is 3.28. The Labute approximate surface area is 62.9 Å². The van der Waals surface area contributed by atoms with E-state index in [2.05, 4.69) is 4.18 Å². The molecule has 0 amide bonds. The summed E-state index contributed by atoms with van der Waals surface area (Å²) in [7, 11) is -5.83. The van der Waals surface area contributed by atoms with Crippen LogP contribution in [0, 0.1) is 0 Å². The molecular weight excluding hydrogens is 215 g/mol. The Morgan fingerprint density at radius 3 is 1.50 bits per heavy atom. The average Bonchev–Trinajstić information content (AvgIpc) is 1.52. The van der Waals surface area contributed by atoms with Crippen LogP contribution < -0.4 is 0 Å². The van der Waals surface area contributed by atoms with Gasteiger partial charge in [-0.2, -0.15) is 34.6 Å². The van der Waals surface area contributed by atoms with Crippen molar-refractivity contribution in [3.63, 3.8) is 0 Å². The predicted molar refractivity (Wildman–Crippen MR) is 23.6 cm³/mol. The van der Waals surface area contributed by atoms with Crippen molar-refractivity contribution in [1.29, 1.82) is 0 Å². The minimum absolute atomic E-state index is 2.06. The van der Waals surface area contributed by atoms with E-state index < -0.39 is 22.7 Å². The molecule has 0 aromatic heterocycles. The van der Waals surface area contributed by atoms with Crippen molar-refractivity contribution in [2.75, 3.05) is 0 Å². The fourth-order valence-corrected chi connectivity index (χ4v) is 0.539. The van der Waals surface area contributed by atoms with Crippen LogP contribution in [0.5, 0.6) is 0 Å². The van der Waals surface area contributed by atoms with E-state index in [-0.39, 0.29) is 0 Å². The molecule has 0 rings (SSSR count). The summed E-state index contributed by atoms with van der Waals surface area (Å²) in [5.41, 5.74) is 0. The maximum atomic E-state index is 11.5. The van der Waals surface area contributed by atoms with Gasteiger partial charge >= 0.3 is 22.7 Å². The van der Waals surface area contributed by atoms with Crippen molar-refractivity contribution < 1.29 is 39.1 Å². The third-order valence-corrected chi connectivity index (χ3v) is 0.960. The minimum atomic E-state index is -6.19. The number of hydrogen-bond donors (Lipinski definition) is 1. The summed E-state index contributed by atoms with van der Waals surface area (Å²) >= 11 is 0. The van der Waals surface area contributed by atoms with Gasteiger partial charge in [0.2, 0.25) is 0 Å². The molecule has 0 aliphatic heterocycles. The Morgan fingerprint density at radius 2 is 1.42 bits per heavy atom. The molecule has 0 saturated heterocycles. The first-order chi connectivity index (χ1) is 4.96. The Kier molecular flexibility index (Phi) is 2.67. The van der Waals surface area contributed by atoms with Crippen LogP contribution in [0.2, 0.25) is 0 Å². The number of alkyl halides is 5. The fourth-order valence-electron chi connectivity index (χ4n) is 0.180. The minimum Gasteiger partial charge on any atom is -0.263 e. The van der Waals surface area contributed by atoms with Crippen LogP contribution in [-0.4, -0.2) is 25.3 Å². The molecule has 0 unspecified atom stereocenters. The maximum Gasteiger partial charge on any atom is 0.484 e. The summed E-state index contributed by atoms with van der Waals surface area (Å²) in [5, 5.41) is 0. The molecule has 0 spiro atoms. The molecule has 12 heavy (non-hydrogen) atoms. The smallest absolute Gasteiger partial charge is 0.263 e. The molecule has 0 aromatic rings. The van der Waals surface area contributed by atoms with Gasteiger partial charge in [0.1, 0.15) is 0 Å². The number of rotatable bonds is 2. The van der Waals surface area contributed by atoms with Gasteiger partial charge < -0.3 is 0 Å². The van der Waals surface area contributed by atoms with Gasteiger partial charge in [-0.3, -0.25) is 4.55 Å². The first-order valence-electron chi connectivity index (χ1n) is 2.08. The lowest BCUT2D eigenvalue weighted by Gasteiger charge is -2.16. The first kappa shape index (κ1) is 11.5. The van der Waals surface area contributed by atoms with E-state index in [4.69, 9.17) is 4.55 Å². The molecule has 0 aliphatic rings. The summed E-state index contributed by atoms with van der Waals surface area (Å²) in [4.78, 5) is 0. The van der Waals surface area contributed by atoms with Crippen molar-refractivity contribution in [1.82, 2.24) is 0 Å². The third-order valence-electron chi connectivity index (χ3n) is 0.540. The molecule has 10 heteroatoms. The van der Waals surface area contributed by atoms with Crippen LogP contribution in [0.4, 0.5) is 22.0 Å². The van der Waals surface area contributed by atoms with Gasteiger partial charge in [-0.1, -0.05) is 0 Å². The van der Waals surface area contributed by atoms with Crippen molar-refractivity contribution in [3.05, 3.63) is 0 Å². The molecule has 0 atom stereocenters. The van der Waals surface area contributed by atoms with Crippen molar-refractivity contribution in [3.8, 4) is 0 Å². The second-order valence-electron chi connectivity index (χ2n) is 1.53. The number of hydrogen-bond acceptors (Lipinski definition) is 3. The second-order valence-corrected chi connectivity index (χ2v) is 2.55. The Balaban J connectivity index is 4.67. The monoisotopic (exact) mass is 216 g/mol. The van der Waals surface area contributed by atoms with Crippen molar-refractivity contribution >= 4 is 10.4 Å². The SMILES string of the molecule is O=S(=O)(O)OC(F)(F)C(F)(F)F. The van der Waals surface area contributed by atoms with Gasteiger partial charge in [0.15, 0.2) is 0 Å². The van der Waals surface area contributed by atoms with E-state index in [0.717, 1.165) is 0 Å². The zero-order valence-corrected chi connectivity index (χ0v) is 5.79. The Morgan fingerprint density at radius 1 is 1.08 bits per heavy atom. The summed E-state index contributed by atoms with van der Waals surface area (Å²) in [6.45, 7) is 0. The molecule has 0 saturated carbocycles. The molecular formula is C2HF5O4S. The molecule has 0 aliphatic carbocycles. The van der Waals surface area contributed by atoms with Crippen LogP contribution >= 0.6 is 0 Å². The molecule has 0 radical (unpaired) electrons. The van der Waals surface area contributed by atoms with Gasteiger partial charge in [-0.25, -0.2) is 0 Å². The van der Waals surface area contributed by atoms with E-state index in [1.165, 1.54) is 0 Å². The summed E-state index contributed by atoms with van der Waals surface area (Å²) < 4.78 is 84.9. The summed E-state index contributed by atoms with van der Waals surface area (Å²) in [6, 6.07) is 0. The summed E-state index contributed by atoms with van der Waals surface area (Å²) in [6.07, 6.45) is -12.1. The Hall–Kier alpha value is -0.480. The molecule has 0 aromatic carbocycles.